The number of quaternary nitrogens is 1. The molecule has 0 bridgehead atoms. The molecule has 0 spiro atoms. The first-order valence-corrected chi connectivity index (χ1v) is 0.873. The van der Waals surface area contributed by atoms with E-state index in [4.69, 9.17) is 0 Å². The molecule has 0 atom stereocenters. The Bertz CT molecular complexity index is 27.2. The molecular weight excluding hydrogens is 238 g/mol. The Morgan fingerprint density at radius 3 is 0.857 bits per heavy atom. The van der Waals surface area contributed by atoms with Crippen molar-refractivity contribution in [3.63, 3.8) is 0 Å². The van der Waals surface area contributed by atoms with Gasteiger partial charge in [-0.2, -0.15) is 0 Å². The number of halogens is 4. The van der Waals surface area contributed by atoms with Crippen molar-refractivity contribution in [2.24, 2.45) is 0 Å². The summed E-state index contributed by atoms with van der Waals surface area (Å²) < 4.78 is 39.0. The maximum absolute atomic E-state index is 9.75. The van der Waals surface area contributed by atoms with Gasteiger partial charge in [0.15, 0.2) is 0 Å². The first-order valence-electron chi connectivity index (χ1n) is 0.873. The minimum Gasteiger partial charge on any atom is -0.369 e. The van der Waals surface area contributed by atoms with Crippen LogP contribution in [0.2, 0.25) is 0 Å². The van der Waals surface area contributed by atoms with Gasteiger partial charge >= 0.3 is 56.1 Å². The van der Waals surface area contributed by atoms with E-state index in [0.29, 0.717) is 0 Å². The molecule has 44 valence electrons. The molecule has 0 fully saturated rings. The van der Waals surface area contributed by atoms with Crippen molar-refractivity contribution in [1.29, 1.82) is 0 Å². The molecule has 0 amide bonds. The molecule has 0 aliphatic heterocycles. The van der Waals surface area contributed by atoms with E-state index >= 15 is 0 Å². The molecule has 0 saturated carbocycles. The quantitative estimate of drug-likeness (QED) is 0.482. The van der Waals surface area contributed by atoms with E-state index < -0.39 is 7.25 Å². The first-order chi connectivity index (χ1) is 2.00. The van der Waals surface area contributed by atoms with Gasteiger partial charge in [-0.1, -0.05) is 0 Å². The van der Waals surface area contributed by atoms with E-state index in [2.05, 4.69) is 0 Å². The van der Waals surface area contributed by atoms with Gasteiger partial charge < -0.3 is 23.4 Å². The van der Waals surface area contributed by atoms with Crippen LogP contribution >= 0.6 is 0 Å². The van der Waals surface area contributed by atoms with E-state index in [1.807, 2.05) is 0 Å². The average molecular weight is 244 g/mol. The molecule has 0 aliphatic rings. The summed E-state index contributed by atoms with van der Waals surface area (Å²) in [6.45, 7) is 0. The molecule has 0 aromatic rings. The molecule has 1 nitrogen and oxygen atoms in total. The van der Waals surface area contributed by atoms with Crippen LogP contribution in [-0.4, -0.2) is 56.1 Å². The second-order valence-electron chi connectivity index (χ2n) is 0.495. The molecule has 0 radical (unpaired) electrons. The minimum atomic E-state index is -6.00. The standard InChI is InChI=1S/BF4.Ba.H3N.2H/c2-1(3,4)5;;;;/h;;1H3;;/q-1;;;;/p+1. The Balaban J connectivity index is -0.0000000800. The maximum Gasteiger partial charge on any atom is -0.369 e. The predicted octanol–water partition coefficient (Wildman–Crippen LogP) is 0.760. The zero-order chi connectivity index (χ0) is 4.50. The summed E-state index contributed by atoms with van der Waals surface area (Å²) in [6.07, 6.45) is 0. The van der Waals surface area contributed by atoms with Crippen LogP contribution in [0.5, 0.6) is 0 Å². The molecule has 7 heavy (non-hydrogen) atoms. The fraction of sp³-hybridized carbons (Fsp3) is 0. The van der Waals surface area contributed by atoms with Gasteiger partial charge in [-0.25, -0.2) is 0 Å². The van der Waals surface area contributed by atoms with Crippen molar-refractivity contribution < 1.29 is 17.3 Å². The molecule has 0 saturated heterocycles. The SMILES string of the molecule is F[B-](F)(F)F.[BaH2].[NH4+]. The van der Waals surface area contributed by atoms with E-state index in [1.165, 1.54) is 0 Å². The Kier molecular flexibility index (Phi) is 12.3. The summed E-state index contributed by atoms with van der Waals surface area (Å²) >= 11 is 0. The summed E-state index contributed by atoms with van der Waals surface area (Å²) in [5, 5.41) is 0. The summed E-state index contributed by atoms with van der Waals surface area (Å²) in [6, 6.07) is 0. The van der Waals surface area contributed by atoms with Crippen LogP contribution in [0.25, 0.3) is 0 Å². The van der Waals surface area contributed by atoms with Gasteiger partial charge in [0.2, 0.25) is 0 Å². The van der Waals surface area contributed by atoms with Gasteiger partial charge in [-0.05, 0) is 0 Å². The van der Waals surface area contributed by atoms with Gasteiger partial charge in [0.25, 0.3) is 0 Å². The van der Waals surface area contributed by atoms with Crippen molar-refractivity contribution >= 4 is 56.1 Å². The van der Waals surface area contributed by atoms with E-state index in [-0.39, 0.29) is 55.0 Å². The third kappa shape index (κ3) is 119. The summed E-state index contributed by atoms with van der Waals surface area (Å²) in [4.78, 5) is 0. The summed E-state index contributed by atoms with van der Waals surface area (Å²) in [5.74, 6) is 0. The molecule has 0 aromatic heterocycles. The van der Waals surface area contributed by atoms with E-state index in [0.717, 1.165) is 0 Å². The van der Waals surface area contributed by atoms with Crippen molar-refractivity contribution in [2.75, 3.05) is 0 Å². The van der Waals surface area contributed by atoms with Crippen LogP contribution in [0.1, 0.15) is 0 Å². The monoisotopic (exact) mass is 245 g/mol. The van der Waals surface area contributed by atoms with Crippen molar-refractivity contribution in [2.45, 2.75) is 0 Å². The second-order valence-corrected chi connectivity index (χ2v) is 0.495. The molecule has 0 heterocycles. The van der Waals surface area contributed by atoms with Crippen LogP contribution in [-0.2, 0) is 0 Å². The molecule has 0 unspecified atom stereocenters. The normalized spacial score (nSPS) is 8.57. The van der Waals surface area contributed by atoms with Gasteiger partial charge in [0.1, 0.15) is 0 Å². The molecular formula is H6BBaF4N. The zero-order valence-electron chi connectivity index (χ0n) is 3.09. The van der Waals surface area contributed by atoms with Gasteiger partial charge in [-0.3, -0.25) is 0 Å². The van der Waals surface area contributed by atoms with E-state index in [1.54, 1.807) is 0 Å². The van der Waals surface area contributed by atoms with Crippen LogP contribution in [0.3, 0.4) is 0 Å². The predicted molar refractivity (Wildman–Crippen MR) is 24.7 cm³/mol. The Labute approximate surface area is 78.6 Å². The minimum absolute atomic E-state index is 0. The maximum atomic E-state index is 9.75. The van der Waals surface area contributed by atoms with E-state index in [9.17, 15) is 17.3 Å². The van der Waals surface area contributed by atoms with Crippen LogP contribution in [0.15, 0.2) is 0 Å². The fourth-order valence-corrected chi connectivity index (χ4v) is 0. The molecule has 0 aromatic carbocycles. The first kappa shape index (κ1) is 15.8. The third-order valence-corrected chi connectivity index (χ3v) is 0. The Morgan fingerprint density at radius 1 is 0.857 bits per heavy atom. The number of hydrogen-bond donors (Lipinski definition) is 1. The zero-order valence-corrected chi connectivity index (χ0v) is 3.09. The Hall–Kier alpha value is 1.32. The van der Waals surface area contributed by atoms with Crippen molar-refractivity contribution in [1.82, 2.24) is 6.15 Å². The van der Waals surface area contributed by atoms with Crippen molar-refractivity contribution in [3.05, 3.63) is 0 Å². The van der Waals surface area contributed by atoms with Crippen LogP contribution in [0, 0.1) is 0 Å². The molecule has 4 N–H and O–H groups in total. The topological polar surface area (TPSA) is 36.5 Å². The number of hydrogen-bond acceptors (Lipinski definition) is 0. The fourth-order valence-electron chi connectivity index (χ4n) is 0. The van der Waals surface area contributed by atoms with Crippen molar-refractivity contribution in [3.8, 4) is 0 Å². The smallest absolute Gasteiger partial charge is 0.369 e. The van der Waals surface area contributed by atoms with Gasteiger partial charge in [0, 0.05) is 0 Å². The molecule has 7 heteroatoms. The number of rotatable bonds is 0. The molecule has 0 rings (SSSR count). The van der Waals surface area contributed by atoms with Gasteiger partial charge in [-0.15, -0.1) is 0 Å². The van der Waals surface area contributed by atoms with Gasteiger partial charge in [0.05, 0.1) is 0 Å². The second kappa shape index (κ2) is 5.45. The van der Waals surface area contributed by atoms with Crippen LogP contribution < -0.4 is 6.15 Å². The summed E-state index contributed by atoms with van der Waals surface area (Å²) in [7, 11) is -6.00. The summed E-state index contributed by atoms with van der Waals surface area (Å²) in [5.41, 5.74) is 0. The largest absolute Gasteiger partial charge is 0.369 e. The van der Waals surface area contributed by atoms with Crippen LogP contribution in [0.4, 0.5) is 17.3 Å². The Morgan fingerprint density at radius 2 is 0.857 bits per heavy atom. The third-order valence-electron chi connectivity index (χ3n) is 0. The molecule has 0 aliphatic carbocycles. The average Bonchev–Trinajstić information content (AvgIpc) is 0.722.